The topological polar surface area (TPSA) is 23.5 Å². The predicted molar refractivity (Wildman–Crippen MR) is 51.2 cm³/mol. The van der Waals surface area contributed by atoms with E-state index >= 15 is 0 Å². The Labute approximate surface area is 75.6 Å². The zero-order chi connectivity index (χ0) is 8.97. The maximum absolute atomic E-state index is 9.21. The second kappa shape index (κ2) is 4.83. The molecular formula is C10H21NO. The van der Waals surface area contributed by atoms with E-state index in [0.717, 1.165) is 12.6 Å². The van der Waals surface area contributed by atoms with Crippen molar-refractivity contribution >= 4 is 0 Å². The molecule has 1 N–H and O–H groups in total. The molecule has 2 nitrogen and oxygen atoms in total. The molecule has 0 aliphatic heterocycles. The van der Waals surface area contributed by atoms with Gasteiger partial charge in [0.1, 0.15) is 0 Å². The lowest BCUT2D eigenvalue weighted by Gasteiger charge is -2.31. The fourth-order valence-corrected chi connectivity index (χ4v) is 2.09. The van der Waals surface area contributed by atoms with Crippen LogP contribution in [-0.2, 0) is 0 Å². The Morgan fingerprint density at radius 3 is 2.42 bits per heavy atom. The summed E-state index contributed by atoms with van der Waals surface area (Å²) in [6.45, 7) is 2.68. The lowest BCUT2D eigenvalue weighted by molar-refractivity contribution is 0.102. The minimum atomic E-state index is -0.183. The Kier molecular flexibility index (Phi) is 4.02. The Morgan fingerprint density at radius 1 is 1.33 bits per heavy atom. The van der Waals surface area contributed by atoms with E-state index in [0.29, 0.717) is 0 Å². The van der Waals surface area contributed by atoms with Gasteiger partial charge in [0, 0.05) is 12.6 Å². The van der Waals surface area contributed by atoms with E-state index in [9.17, 15) is 5.11 Å². The van der Waals surface area contributed by atoms with Crippen LogP contribution in [0.4, 0.5) is 0 Å². The molecule has 0 amide bonds. The van der Waals surface area contributed by atoms with Gasteiger partial charge in [0.25, 0.3) is 0 Å². The van der Waals surface area contributed by atoms with Gasteiger partial charge in [-0.05, 0) is 26.8 Å². The van der Waals surface area contributed by atoms with Crippen LogP contribution < -0.4 is 0 Å². The first kappa shape index (κ1) is 10.0. The van der Waals surface area contributed by atoms with Gasteiger partial charge in [0.15, 0.2) is 0 Å². The molecule has 0 aromatic heterocycles. The molecule has 12 heavy (non-hydrogen) atoms. The highest BCUT2D eigenvalue weighted by Gasteiger charge is 2.18. The van der Waals surface area contributed by atoms with Gasteiger partial charge in [0.2, 0.25) is 0 Å². The van der Waals surface area contributed by atoms with Crippen molar-refractivity contribution in [2.24, 2.45) is 0 Å². The third-order valence-corrected chi connectivity index (χ3v) is 2.75. The zero-order valence-corrected chi connectivity index (χ0v) is 8.29. The summed E-state index contributed by atoms with van der Waals surface area (Å²) in [6.07, 6.45) is 6.60. The van der Waals surface area contributed by atoms with Crippen molar-refractivity contribution in [2.45, 2.75) is 51.2 Å². The molecule has 0 aromatic carbocycles. The molecule has 2 heteroatoms. The standard InChI is InChI=1S/C10H21NO/c1-9(12)8-11(2)10-6-4-3-5-7-10/h9-10,12H,3-8H2,1-2H3. The minimum absolute atomic E-state index is 0.183. The molecule has 72 valence electrons. The fraction of sp³-hybridized carbons (Fsp3) is 1.00. The summed E-state index contributed by atoms with van der Waals surface area (Å²) in [5.41, 5.74) is 0. The van der Waals surface area contributed by atoms with E-state index in [2.05, 4.69) is 11.9 Å². The molecule has 1 aliphatic carbocycles. The van der Waals surface area contributed by atoms with Crippen LogP contribution in [0.1, 0.15) is 39.0 Å². The monoisotopic (exact) mass is 171 g/mol. The number of hydrogen-bond acceptors (Lipinski definition) is 2. The van der Waals surface area contributed by atoms with Crippen LogP contribution in [0.5, 0.6) is 0 Å². The molecule has 1 rings (SSSR count). The summed E-state index contributed by atoms with van der Waals surface area (Å²) in [5.74, 6) is 0. The Bertz CT molecular complexity index is 119. The van der Waals surface area contributed by atoms with Crippen LogP contribution in [0.25, 0.3) is 0 Å². The summed E-state index contributed by atoms with van der Waals surface area (Å²) in [5, 5.41) is 9.21. The van der Waals surface area contributed by atoms with Crippen molar-refractivity contribution in [1.82, 2.24) is 4.90 Å². The van der Waals surface area contributed by atoms with Gasteiger partial charge in [-0.3, -0.25) is 0 Å². The van der Waals surface area contributed by atoms with Crippen LogP contribution >= 0.6 is 0 Å². The van der Waals surface area contributed by atoms with Crippen LogP contribution in [0.2, 0.25) is 0 Å². The number of rotatable bonds is 3. The van der Waals surface area contributed by atoms with Crippen LogP contribution in [0.15, 0.2) is 0 Å². The second-order valence-electron chi connectivity index (χ2n) is 4.08. The lowest BCUT2D eigenvalue weighted by atomic mass is 9.94. The largest absolute Gasteiger partial charge is 0.392 e. The van der Waals surface area contributed by atoms with Crippen molar-refractivity contribution in [2.75, 3.05) is 13.6 Å². The van der Waals surface area contributed by atoms with Crippen molar-refractivity contribution < 1.29 is 5.11 Å². The number of likely N-dealkylation sites (N-methyl/N-ethyl adjacent to an activating group) is 1. The predicted octanol–water partition coefficient (Wildman–Crippen LogP) is 1.63. The van der Waals surface area contributed by atoms with Crippen molar-refractivity contribution in [1.29, 1.82) is 0 Å². The summed E-state index contributed by atoms with van der Waals surface area (Å²) in [7, 11) is 2.13. The number of aliphatic hydroxyl groups is 1. The highest BCUT2D eigenvalue weighted by atomic mass is 16.3. The van der Waals surface area contributed by atoms with Gasteiger partial charge in [-0.15, -0.1) is 0 Å². The zero-order valence-electron chi connectivity index (χ0n) is 8.29. The minimum Gasteiger partial charge on any atom is -0.392 e. The smallest absolute Gasteiger partial charge is 0.0639 e. The molecule has 0 spiro atoms. The van der Waals surface area contributed by atoms with Gasteiger partial charge in [-0.25, -0.2) is 0 Å². The van der Waals surface area contributed by atoms with Gasteiger partial charge in [-0.2, -0.15) is 0 Å². The van der Waals surface area contributed by atoms with Gasteiger partial charge < -0.3 is 10.0 Å². The van der Waals surface area contributed by atoms with Gasteiger partial charge in [-0.1, -0.05) is 19.3 Å². The molecule has 0 heterocycles. The first-order valence-electron chi connectivity index (χ1n) is 5.08. The maximum atomic E-state index is 9.21. The number of hydrogen-bond donors (Lipinski definition) is 1. The SMILES string of the molecule is CC(O)CN(C)C1CCCCC1. The summed E-state index contributed by atoms with van der Waals surface area (Å²) < 4.78 is 0. The molecule has 0 aromatic rings. The molecule has 1 saturated carbocycles. The maximum Gasteiger partial charge on any atom is 0.0639 e. The highest BCUT2D eigenvalue weighted by molar-refractivity contribution is 4.74. The van der Waals surface area contributed by atoms with Gasteiger partial charge >= 0.3 is 0 Å². The van der Waals surface area contributed by atoms with E-state index in [1.165, 1.54) is 32.1 Å². The first-order chi connectivity index (χ1) is 5.70. The van der Waals surface area contributed by atoms with E-state index in [1.807, 2.05) is 6.92 Å². The van der Waals surface area contributed by atoms with Gasteiger partial charge in [0.05, 0.1) is 6.10 Å². The van der Waals surface area contributed by atoms with Crippen LogP contribution in [-0.4, -0.2) is 35.7 Å². The molecule has 0 radical (unpaired) electrons. The first-order valence-corrected chi connectivity index (χ1v) is 5.08. The average molecular weight is 171 g/mol. The molecular weight excluding hydrogens is 150 g/mol. The molecule has 0 bridgehead atoms. The molecule has 1 fully saturated rings. The third-order valence-electron chi connectivity index (χ3n) is 2.75. The van der Waals surface area contributed by atoms with Crippen LogP contribution in [0, 0.1) is 0 Å². The molecule has 1 atom stereocenters. The van der Waals surface area contributed by atoms with E-state index in [4.69, 9.17) is 0 Å². The third kappa shape index (κ3) is 3.11. The van der Waals surface area contributed by atoms with E-state index in [-0.39, 0.29) is 6.10 Å². The fourth-order valence-electron chi connectivity index (χ4n) is 2.09. The van der Waals surface area contributed by atoms with Crippen molar-refractivity contribution in [3.8, 4) is 0 Å². The highest BCUT2D eigenvalue weighted by Crippen LogP contribution is 2.21. The quantitative estimate of drug-likeness (QED) is 0.697. The Balaban J connectivity index is 2.24. The lowest BCUT2D eigenvalue weighted by Crippen LogP contribution is -2.37. The Hall–Kier alpha value is -0.0800. The molecule has 1 aliphatic rings. The Morgan fingerprint density at radius 2 is 1.92 bits per heavy atom. The second-order valence-corrected chi connectivity index (χ2v) is 4.08. The summed E-state index contributed by atoms with van der Waals surface area (Å²) in [4.78, 5) is 2.31. The summed E-state index contributed by atoms with van der Waals surface area (Å²) >= 11 is 0. The number of aliphatic hydroxyl groups excluding tert-OH is 1. The van der Waals surface area contributed by atoms with Crippen molar-refractivity contribution in [3.05, 3.63) is 0 Å². The van der Waals surface area contributed by atoms with E-state index in [1.54, 1.807) is 0 Å². The average Bonchev–Trinajstić information content (AvgIpc) is 2.05. The van der Waals surface area contributed by atoms with Crippen molar-refractivity contribution in [3.63, 3.8) is 0 Å². The normalized spacial score (nSPS) is 23.0. The van der Waals surface area contributed by atoms with Crippen LogP contribution in [0.3, 0.4) is 0 Å². The number of nitrogens with zero attached hydrogens (tertiary/aromatic N) is 1. The summed E-state index contributed by atoms with van der Waals surface area (Å²) in [6, 6.07) is 0.730. The van der Waals surface area contributed by atoms with E-state index < -0.39 is 0 Å². The molecule has 0 saturated heterocycles. The molecule has 1 unspecified atom stereocenters.